The van der Waals surface area contributed by atoms with Crippen LogP contribution >= 0.6 is 24.8 Å². The summed E-state index contributed by atoms with van der Waals surface area (Å²) in [5.74, 6) is 0.578. The van der Waals surface area contributed by atoms with Crippen molar-refractivity contribution in [1.82, 2.24) is 20.1 Å². The van der Waals surface area contributed by atoms with Gasteiger partial charge in [0, 0.05) is 38.8 Å². The van der Waals surface area contributed by atoms with E-state index in [0.717, 1.165) is 32.7 Å². The molecule has 2 aromatic rings. The molecule has 160 valence electrons. The highest BCUT2D eigenvalue weighted by Gasteiger charge is 2.35. The molecule has 5 heterocycles. The van der Waals surface area contributed by atoms with E-state index in [1.54, 1.807) is 0 Å². The number of para-hydroxylation sites is 1. The van der Waals surface area contributed by atoms with Crippen molar-refractivity contribution in [3.05, 3.63) is 23.8 Å². The van der Waals surface area contributed by atoms with Crippen molar-refractivity contribution < 1.29 is 9.21 Å². The molecule has 1 aromatic carbocycles. The van der Waals surface area contributed by atoms with Crippen molar-refractivity contribution in [2.45, 2.75) is 18.9 Å². The smallest absolute Gasteiger partial charge is 0.298 e. The molecule has 0 aliphatic carbocycles. The fourth-order valence-electron chi connectivity index (χ4n) is 4.63. The Morgan fingerprint density at radius 3 is 2.48 bits per heavy atom. The highest BCUT2D eigenvalue weighted by atomic mass is 35.5. The summed E-state index contributed by atoms with van der Waals surface area (Å²) in [6.45, 7) is 7.08. The van der Waals surface area contributed by atoms with Crippen molar-refractivity contribution in [2.24, 2.45) is 5.92 Å². The molecule has 1 unspecified atom stereocenters. The number of benzene rings is 1. The van der Waals surface area contributed by atoms with Crippen LogP contribution in [0.25, 0.3) is 11.1 Å². The average molecular weight is 442 g/mol. The van der Waals surface area contributed by atoms with Gasteiger partial charge in [-0.15, -0.1) is 24.8 Å². The lowest BCUT2D eigenvalue weighted by Gasteiger charge is -2.44. The highest BCUT2D eigenvalue weighted by molar-refractivity contribution is 6.04. The molecule has 1 amide bonds. The van der Waals surface area contributed by atoms with E-state index >= 15 is 0 Å². The van der Waals surface area contributed by atoms with Crippen LogP contribution in [0.4, 0.5) is 6.01 Å². The van der Waals surface area contributed by atoms with Crippen LogP contribution in [0, 0.1) is 5.92 Å². The van der Waals surface area contributed by atoms with Crippen molar-refractivity contribution in [2.75, 3.05) is 57.8 Å². The number of hydrogen-bond acceptors (Lipinski definition) is 6. The van der Waals surface area contributed by atoms with E-state index in [1.165, 1.54) is 25.9 Å². The Morgan fingerprint density at radius 1 is 1.10 bits per heavy atom. The van der Waals surface area contributed by atoms with E-state index in [-0.39, 0.29) is 36.8 Å². The van der Waals surface area contributed by atoms with Gasteiger partial charge in [-0.1, -0.05) is 6.07 Å². The van der Waals surface area contributed by atoms with Crippen LogP contribution in [-0.2, 0) is 0 Å². The first-order chi connectivity index (χ1) is 13.2. The van der Waals surface area contributed by atoms with E-state index in [2.05, 4.69) is 27.1 Å². The maximum atomic E-state index is 13.0. The van der Waals surface area contributed by atoms with Gasteiger partial charge in [0.05, 0.1) is 5.56 Å². The predicted octanol–water partition coefficient (Wildman–Crippen LogP) is 2.25. The third-order valence-electron chi connectivity index (χ3n) is 6.40. The zero-order valence-electron chi connectivity index (χ0n) is 16.7. The number of piperidine rings is 3. The molecule has 0 spiro atoms. The van der Waals surface area contributed by atoms with Gasteiger partial charge in [0.1, 0.15) is 5.52 Å². The SMILES string of the molecule is CN1CCN(c2nc3c(C(=O)NC4CN5CCC4CC5)cccc3o2)CC1.Cl.Cl. The Kier molecular flexibility index (Phi) is 6.94. The van der Waals surface area contributed by atoms with Gasteiger partial charge in [0.25, 0.3) is 11.9 Å². The van der Waals surface area contributed by atoms with Gasteiger partial charge in [-0.3, -0.25) is 4.79 Å². The summed E-state index contributed by atoms with van der Waals surface area (Å²) in [5, 5.41) is 3.27. The number of rotatable bonds is 3. The lowest BCUT2D eigenvalue weighted by Crippen LogP contribution is -2.57. The number of carbonyl (C=O) groups excluding carboxylic acids is 1. The second-order valence-electron chi connectivity index (χ2n) is 8.16. The Hall–Kier alpha value is -1.54. The topological polar surface area (TPSA) is 64.8 Å². The zero-order valence-corrected chi connectivity index (χ0v) is 18.3. The number of halogens is 2. The summed E-state index contributed by atoms with van der Waals surface area (Å²) in [7, 11) is 2.13. The summed E-state index contributed by atoms with van der Waals surface area (Å²) in [6.07, 6.45) is 2.37. The van der Waals surface area contributed by atoms with Crippen molar-refractivity contribution >= 4 is 47.8 Å². The minimum Gasteiger partial charge on any atom is -0.423 e. The van der Waals surface area contributed by atoms with Gasteiger partial charge in [-0.2, -0.15) is 4.98 Å². The number of piperazine rings is 1. The molecule has 9 heteroatoms. The van der Waals surface area contributed by atoms with E-state index in [9.17, 15) is 4.79 Å². The monoisotopic (exact) mass is 441 g/mol. The van der Waals surface area contributed by atoms with Crippen LogP contribution in [0.5, 0.6) is 0 Å². The van der Waals surface area contributed by atoms with Crippen LogP contribution in [0.3, 0.4) is 0 Å². The summed E-state index contributed by atoms with van der Waals surface area (Å²) in [4.78, 5) is 24.6. The van der Waals surface area contributed by atoms with Gasteiger partial charge < -0.3 is 24.4 Å². The number of oxazole rings is 1. The van der Waals surface area contributed by atoms with Crippen molar-refractivity contribution in [3.63, 3.8) is 0 Å². The highest BCUT2D eigenvalue weighted by Crippen LogP contribution is 2.29. The Bertz CT molecular complexity index is 845. The van der Waals surface area contributed by atoms with Crippen LogP contribution < -0.4 is 10.2 Å². The van der Waals surface area contributed by atoms with Crippen molar-refractivity contribution in [1.29, 1.82) is 0 Å². The largest absolute Gasteiger partial charge is 0.423 e. The van der Waals surface area contributed by atoms with E-state index in [0.29, 0.717) is 28.6 Å². The maximum Gasteiger partial charge on any atom is 0.298 e. The number of amides is 1. The summed E-state index contributed by atoms with van der Waals surface area (Å²) >= 11 is 0. The summed E-state index contributed by atoms with van der Waals surface area (Å²) < 4.78 is 5.98. The summed E-state index contributed by atoms with van der Waals surface area (Å²) in [6, 6.07) is 6.51. The molecular formula is C20H29Cl2N5O2. The molecule has 1 atom stereocenters. The van der Waals surface area contributed by atoms with Gasteiger partial charge in [-0.05, 0) is 51.0 Å². The minimum absolute atomic E-state index is 0. The molecule has 2 bridgehead atoms. The fraction of sp³-hybridized carbons (Fsp3) is 0.600. The molecule has 4 aliphatic rings. The lowest BCUT2D eigenvalue weighted by molar-refractivity contribution is 0.0621. The molecule has 0 radical (unpaired) electrons. The van der Waals surface area contributed by atoms with Gasteiger partial charge in [0.15, 0.2) is 5.58 Å². The van der Waals surface area contributed by atoms with Gasteiger partial charge in [0.2, 0.25) is 0 Å². The van der Waals surface area contributed by atoms with Crippen LogP contribution in [0.2, 0.25) is 0 Å². The molecule has 4 aliphatic heterocycles. The number of fused-ring (bicyclic) bond motifs is 4. The van der Waals surface area contributed by atoms with Crippen molar-refractivity contribution in [3.8, 4) is 0 Å². The second kappa shape index (κ2) is 9.08. The summed E-state index contributed by atoms with van der Waals surface area (Å²) in [5.41, 5.74) is 1.98. The quantitative estimate of drug-likeness (QED) is 0.787. The standard InChI is InChI=1S/C20H27N5O2.2ClH/c1-23-9-11-25(12-10-23)20-22-18-15(3-2-4-17(18)27-20)19(26)21-16-13-24-7-5-14(16)6-8-24;;/h2-4,14,16H,5-13H2,1H3,(H,21,26);2*1H. The van der Waals surface area contributed by atoms with Crippen LogP contribution in [0.15, 0.2) is 22.6 Å². The van der Waals surface area contributed by atoms with Gasteiger partial charge in [-0.25, -0.2) is 0 Å². The molecule has 4 saturated heterocycles. The third-order valence-corrected chi connectivity index (χ3v) is 6.40. The van der Waals surface area contributed by atoms with E-state index < -0.39 is 0 Å². The third kappa shape index (κ3) is 4.33. The van der Waals surface area contributed by atoms with Crippen LogP contribution in [-0.4, -0.2) is 79.6 Å². The Labute approximate surface area is 183 Å². The number of nitrogens with one attached hydrogen (secondary N) is 1. The first-order valence-corrected chi connectivity index (χ1v) is 10.0. The Morgan fingerprint density at radius 2 is 1.83 bits per heavy atom. The number of aromatic nitrogens is 1. The number of hydrogen-bond donors (Lipinski definition) is 1. The average Bonchev–Trinajstić information content (AvgIpc) is 3.13. The molecule has 1 N–H and O–H groups in total. The molecule has 6 rings (SSSR count). The fourth-order valence-corrected chi connectivity index (χ4v) is 4.63. The number of anilines is 1. The second-order valence-corrected chi connectivity index (χ2v) is 8.16. The first-order valence-electron chi connectivity index (χ1n) is 10.0. The maximum absolute atomic E-state index is 13.0. The Balaban J connectivity index is 0.00000120. The molecular weight excluding hydrogens is 413 g/mol. The van der Waals surface area contributed by atoms with Crippen LogP contribution in [0.1, 0.15) is 23.2 Å². The van der Waals surface area contributed by atoms with E-state index in [4.69, 9.17) is 9.40 Å². The molecule has 4 fully saturated rings. The number of nitrogens with zero attached hydrogens (tertiary/aromatic N) is 4. The molecule has 0 saturated carbocycles. The number of carbonyl (C=O) groups is 1. The normalized spacial score (nSPS) is 26.7. The zero-order chi connectivity index (χ0) is 18.4. The predicted molar refractivity (Wildman–Crippen MR) is 119 cm³/mol. The molecule has 7 nitrogen and oxygen atoms in total. The lowest BCUT2D eigenvalue weighted by atomic mass is 9.84. The van der Waals surface area contributed by atoms with Gasteiger partial charge >= 0.3 is 0 Å². The van der Waals surface area contributed by atoms with E-state index in [1.807, 2.05) is 18.2 Å². The number of likely N-dealkylation sites (N-methyl/N-ethyl adjacent to an activating group) is 1. The molecule has 29 heavy (non-hydrogen) atoms. The first kappa shape index (κ1) is 22.2. The molecule has 1 aromatic heterocycles. The minimum atomic E-state index is -0.0300.